The maximum absolute atomic E-state index is 3.54. The molecule has 1 aliphatic rings. The molecule has 0 saturated carbocycles. The summed E-state index contributed by atoms with van der Waals surface area (Å²) in [4.78, 5) is 4.85. The number of rotatable bonds is 9. The van der Waals surface area contributed by atoms with Crippen LogP contribution in [0.3, 0.4) is 0 Å². The lowest BCUT2D eigenvalue weighted by Crippen LogP contribution is -2.25. The van der Waals surface area contributed by atoms with Crippen LogP contribution in [0.5, 0.6) is 0 Å². The van der Waals surface area contributed by atoms with Crippen molar-refractivity contribution in [3.05, 3.63) is 0 Å². The van der Waals surface area contributed by atoms with Crippen molar-refractivity contribution in [1.29, 1.82) is 0 Å². The quantitative estimate of drug-likeness (QED) is 0.601. The first-order chi connectivity index (χ1) is 7.79. The minimum atomic E-state index is 1.19. The van der Waals surface area contributed by atoms with Crippen molar-refractivity contribution in [2.45, 2.75) is 32.1 Å². The van der Waals surface area contributed by atoms with Gasteiger partial charge in [0.15, 0.2) is 0 Å². The van der Waals surface area contributed by atoms with Gasteiger partial charge in [0.25, 0.3) is 0 Å². The molecule has 0 aromatic rings. The van der Waals surface area contributed by atoms with Gasteiger partial charge in [-0.1, -0.05) is 0 Å². The number of likely N-dealkylation sites (tertiary alicyclic amines) is 1. The third-order valence-corrected chi connectivity index (χ3v) is 3.24. The zero-order valence-electron chi connectivity index (χ0n) is 11.2. The normalized spacial score (nSPS) is 17.4. The number of hydrogen-bond donors (Lipinski definition) is 1. The molecule has 16 heavy (non-hydrogen) atoms. The summed E-state index contributed by atoms with van der Waals surface area (Å²) in [5.41, 5.74) is 0. The summed E-state index contributed by atoms with van der Waals surface area (Å²) in [5, 5.41) is 3.54. The molecule has 0 amide bonds. The standard InChI is InChI=1S/C13H29N3/c1-15(2)10-4-3-8-14-9-7-13-16-11-5-6-12-16/h14H,3-13H2,1-2H3. The van der Waals surface area contributed by atoms with Crippen LogP contribution >= 0.6 is 0 Å². The van der Waals surface area contributed by atoms with E-state index in [1.807, 2.05) is 0 Å². The van der Waals surface area contributed by atoms with E-state index in [2.05, 4.69) is 29.2 Å². The average molecular weight is 227 g/mol. The summed E-state index contributed by atoms with van der Waals surface area (Å²) in [6.45, 7) is 7.57. The second kappa shape index (κ2) is 8.97. The number of unbranched alkanes of at least 4 members (excludes halogenated alkanes) is 1. The minimum Gasteiger partial charge on any atom is -0.317 e. The number of nitrogens with zero attached hydrogens (tertiary/aromatic N) is 2. The van der Waals surface area contributed by atoms with E-state index in [1.165, 1.54) is 71.4 Å². The lowest BCUT2D eigenvalue weighted by Gasteiger charge is -2.14. The highest BCUT2D eigenvalue weighted by Gasteiger charge is 2.09. The molecule has 0 bridgehead atoms. The largest absolute Gasteiger partial charge is 0.317 e. The van der Waals surface area contributed by atoms with Gasteiger partial charge >= 0.3 is 0 Å². The molecule has 0 radical (unpaired) electrons. The first kappa shape index (κ1) is 13.9. The topological polar surface area (TPSA) is 18.5 Å². The van der Waals surface area contributed by atoms with Gasteiger partial charge in [0.05, 0.1) is 0 Å². The Morgan fingerprint density at radius 2 is 1.69 bits per heavy atom. The average Bonchev–Trinajstić information content (AvgIpc) is 2.74. The van der Waals surface area contributed by atoms with E-state index >= 15 is 0 Å². The lowest BCUT2D eigenvalue weighted by atomic mass is 10.3. The highest BCUT2D eigenvalue weighted by Crippen LogP contribution is 2.06. The molecule has 0 aliphatic carbocycles. The van der Waals surface area contributed by atoms with E-state index in [0.29, 0.717) is 0 Å². The van der Waals surface area contributed by atoms with Gasteiger partial charge in [0.1, 0.15) is 0 Å². The third-order valence-electron chi connectivity index (χ3n) is 3.24. The predicted molar refractivity (Wildman–Crippen MR) is 70.9 cm³/mol. The molecule has 1 rings (SSSR count). The van der Waals surface area contributed by atoms with E-state index in [9.17, 15) is 0 Å². The van der Waals surface area contributed by atoms with Gasteiger partial charge < -0.3 is 15.1 Å². The lowest BCUT2D eigenvalue weighted by molar-refractivity contribution is 0.330. The fourth-order valence-electron chi connectivity index (χ4n) is 2.24. The van der Waals surface area contributed by atoms with Gasteiger partial charge in [-0.2, -0.15) is 0 Å². The molecule has 0 spiro atoms. The Hall–Kier alpha value is -0.120. The highest BCUT2D eigenvalue weighted by atomic mass is 15.1. The zero-order valence-corrected chi connectivity index (χ0v) is 11.2. The van der Waals surface area contributed by atoms with Crippen LogP contribution in [0.4, 0.5) is 0 Å². The first-order valence-electron chi connectivity index (χ1n) is 6.87. The van der Waals surface area contributed by atoms with Gasteiger partial charge in [-0.25, -0.2) is 0 Å². The van der Waals surface area contributed by atoms with Crippen LogP contribution in [0.15, 0.2) is 0 Å². The Bertz CT molecular complexity index is 153. The third kappa shape index (κ3) is 7.20. The van der Waals surface area contributed by atoms with Crippen LogP contribution in [-0.2, 0) is 0 Å². The van der Waals surface area contributed by atoms with E-state index < -0.39 is 0 Å². The van der Waals surface area contributed by atoms with Crippen molar-refractivity contribution >= 4 is 0 Å². The number of nitrogens with one attached hydrogen (secondary N) is 1. The first-order valence-corrected chi connectivity index (χ1v) is 6.87. The molecule has 0 aromatic heterocycles. The molecule has 0 atom stereocenters. The SMILES string of the molecule is CN(C)CCCCNCCCN1CCCC1. The van der Waals surface area contributed by atoms with Gasteiger partial charge in [-0.15, -0.1) is 0 Å². The maximum atomic E-state index is 3.54. The van der Waals surface area contributed by atoms with Crippen molar-refractivity contribution < 1.29 is 0 Å². The fourth-order valence-corrected chi connectivity index (χ4v) is 2.24. The Labute approximate surface area is 101 Å². The van der Waals surface area contributed by atoms with Crippen LogP contribution in [-0.4, -0.2) is 63.2 Å². The van der Waals surface area contributed by atoms with Crippen molar-refractivity contribution in [2.24, 2.45) is 0 Å². The summed E-state index contributed by atoms with van der Waals surface area (Å²) in [6.07, 6.45) is 6.76. The van der Waals surface area contributed by atoms with Crippen LogP contribution in [0.25, 0.3) is 0 Å². The summed E-state index contributed by atoms with van der Waals surface area (Å²) < 4.78 is 0. The zero-order chi connectivity index (χ0) is 11.6. The molecular weight excluding hydrogens is 198 g/mol. The summed E-state index contributed by atoms with van der Waals surface area (Å²) >= 11 is 0. The second-order valence-electron chi connectivity index (χ2n) is 5.16. The summed E-state index contributed by atoms with van der Waals surface area (Å²) in [6, 6.07) is 0. The van der Waals surface area contributed by atoms with Crippen molar-refractivity contribution in [3.8, 4) is 0 Å². The molecule has 1 N–H and O–H groups in total. The van der Waals surface area contributed by atoms with Crippen molar-refractivity contribution in [1.82, 2.24) is 15.1 Å². The molecule has 3 heteroatoms. The predicted octanol–water partition coefficient (Wildman–Crippen LogP) is 1.40. The van der Waals surface area contributed by atoms with Gasteiger partial charge in [0, 0.05) is 0 Å². The Kier molecular flexibility index (Phi) is 7.81. The van der Waals surface area contributed by atoms with Gasteiger partial charge in [0.2, 0.25) is 0 Å². The molecule has 0 aromatic carbocycles. The molecule has 1 heterocycles. The molecule has 1 saturated heterocycles. The van der Waals surface area contributed by atoms with E-state index in [0.717, 1.165) is 0 Å². The summed E-state index contributed by atoms with van der Waals surface area (Å²) in [5.74, 6) is 0. The van der Waals surface area contributed by atoms with Crippen LogP contribution in [0.2, 0.25) is 0 Å². The number of hydrogen-bond acceptors (Lipinski definition) is 3. The Morgan fingerprint density at radius 3 is 2.38 bits per heavy atom. The molecule has 3 nitrogen and oxygen atoms in total. The minimum absolute atomic E-state index is 1.19. The van der Waals surface area contributed by atoms with Crippen molar-refractivity contribution in [2.75, 3.05) is 53.4 Å². The van der Waals surface area contributed by atoms with Crippen LogP contribution in [0, 0.1) is 0 Å². The second-order valence-corrected chi connectivity index (χ2v) is 5.16. The molecule has 1 fully saturated rings. The van der Waals surface area contributed by atoms with Crippen LogP contribution in [0.1, 0.15) is 32.1 Å². The Balaban J connectivity index is 1.74. The smallest absolute Gasteiger partial charge is 0.000664 e. The van der Waals surface area contributed by atoms with E-state index in [4.69, 9.17) is 0 Å². The van der Waals surface area contributed by atoms with E-state index in [-0.39, 0.29) is 0 Å². The molecule has 0 unspecified atom stereocenters. The van der Waals surface area contributed by atoms with Crippen molar-refractivity contribution in [3.63, 3.8) is 0 Å². The monoisotopic (exact) mass is 227 g/mol. The molecule has 1 aliphatic heterocycles. The van der Waals surface area contributed by atoms with Crippen LogP contribution < -0.4 is 5.32 Å². The fraction of sp³-hybridized carbons (Fsp3) is 1.00. The van der Waals surface area contributed by atoms with Gasteiger partial charge in [-0.05, 0) is 85.5 Å². The van der Waals surface area contributed by atoms with E-state index in [1.54, 1.807) is 0 Å². The Morgan fingerprint density at radius 1 is 1.00 bits per heavy atom. The van der Waals surface area contributed by atoms with Gasteiger partial charge in [-0.3, -0.25) is 0 Å². The highest BCUT2D eigenvalue weighted by molar-refractivity contribution is 4.66. The maximum Gasteiger partial charge on any atom is -0.000664 e. The summed E-state index contributed by atoms with van der Waals surface area (Å²) in [7, 11) is 4.28. The molecular formula is C13H29N3. The molecule has 96 valence electrons.